The highest BCUT2D eigenvalue weighted by Gasteiger charge is 2.46. The molecule has 5 heterocycles. The van der Waals surface area contributed by atoms with Gasteiger partial charge in [0.05, 0.1) is 28.1 Å². The Morgan fingerprint density at radius 3 is 1.20 bits per heavy atom. The fourth-order valence-corrected chi connectivity index (χ4v) is 15.9. The van der Waals surface area contributed by atoms with Gasteiger partial charge < -0.3 is 23.2 Å². The zero-order valence-corrected chi connectivity index (χ0v) is 52.1. The van der Waals surface area contributed by atoms with Crippen molar-refractivity contribution in [1.82, 2.24) is 4.57 Å². The van der Waals surface area contributed by atoms with Gasteiger partial charge in [-0.1, -0.05) is 267 Å². The first-order valence-electron chi connectivity index (χ1n) is 33.0. The molecule has 0 saturated heterocycles. The molecule has 15 aromatic carbocycles. The van der Waals surface area contributed by atoms with Crippen molar-refractivity contribution in [3.63, 3.8) is 0 Å². The van der Waals surface area contributed by atoms with Crippen molar-refractivity contribution in [2.75, 3.05) is 9.80 Å². The first kappa shape index (κ1) is 54.0. The standard InChI is InChI=1S/C90H56BN3O2/c1-5-23-57(24-6-1)66-35-21-36-67(58-25-7-2-8-26-58)89(66)93-80-49-45-62(64-43-47-74-72-33-15-19-41-84(72)96-87(74)54-64)52-77(80)91-76-48-44-63(61-46-50-86-75(51-61)73-34-16-20-42-85(73)95-86)53-81(76)94(90-68(59-27-9-3-10-28-59)37-22-38-69(90)60-29-11-4-12-30-60)83-56-65(55-82(93)88(83)91)92-78-39-17-13-31-70(78)71-32-14-18-40-79(71)92/h1-56H. The Bertz CT molecular complexity index is 6000. The smallest absolute Gasteiger partial charge is 0.252 e. The van der Waals surface area contributed by atoms with Crippen molar-refractivity contribution < 1.29 is 8.83 Å². The van der Waals surface area contributed by atoms with Crippen LogP contribution < -0.4 is 26.2 Å². The Kier molecular flexibility index (Phi) is 12.1. The van der Waals surface area contributed by atoms with E-state index in [1.807, 2.05) is 12.1 Å². The molecule has 0 fully saturated rings. The summed E-state index contributed by atoms with van der Waals surface area (Å²) in [7, 11) is 0. The van der Waals surface area contributed by atoms with E-state index in [0.717, 1.165) is 161 Å². The molecule has 0 N–H and O–H groups in total. The second kappa shape index (κ2) is 21.5. The summed E-state index contributed by atoms with van der Waals surface area (Å²) in [6.07, 6.45) is 0. The number of anilines is 6. The number of para-hydroxylation sites is 6. The van der Waals surface area contributed by atoms with Crippen LogP contribution in [0, 0.1) is 0 Å². The Labute approximate surface area is 554 Å². The van der Waals surface area contributed by atoms with Crippen LogP contribution in [0.15, 0.2) is 349 Å². The van der Waals surface area contributed by atoms with Gasteiger partial charge in [0.15, 0.2) is 0 Å². The third kappa shape index (κ3) is 8.32. The molecule has 0 unspecified atom stereocenters. The highest BCUT2D eigenvalue weighted by molar-refractivity contribution is 7.00. The molecule has 0 amide bonds. The predicted molar refractivity (Wildman–Crippen MR) is 402 cm³/mol. The zero-order valence-electron chi connectivity index (χ0n) is 52.1. The Morgan fingerprint density at radius 1 is 0.229 bits per heavy atom. The minimum Gasteiger partial charge on any atom is -0.456 e. The Hall–Kier alpha value is -12.6. The van der Waals surface area contributed by atoms with Gasteiger partial charge in [0.1, 0.15) is 22.3 Å². The first-order valence-corrected chi connectivity index (χ1v) is 33.0. The second-order valence-corrected chi connectivity index (χ2v) is 25.4. The molecule has 0 spiro atoms. The van der Waals surface area contributed by atoms with Gasteiger partial charge in [0.2, 0.25) is 0 Å². The van der Waals surface area contributed by atoms with E-state index in [-0.39, 0.29) is 6.71 Å². The molecule has 18 aromatic rings. The molecule has 0 atom stereocenters. The average Bonchev–Trinajstić information content (AvgIpc) is 0.718. The topological polar surface area (TPSA) is 37.7 Å². The van der Waals surface area contributed by atoms with Gasteiger partial charge in [-0.25, -0.2) is 0 Å². The lowest BCUT2D eigenvalue weighted by molar-refractivity contribution is 0.668. The maximum atomic E-state index is 6.67. The highest BCUT2D eigenvalue weighted by atomic mass is 16.3. The van der Waals surface area contributed by atoms with E-state index >= 15 is 0 Å². The molecule has 96 heavy (non-hydrogen) atoms. The van der Waals surface area contributed by atoms with Crippen molar-refractivity contribution in [2.24, 2.45) is 0 Å². The van der Waals surface area contributed by atoms with Gasteiger partial charge in [0.25, 0.3) is 6.71 Å². The number of nitrogens with zero attached hydrogens (tertiary/aromatic N) is 3. The molecule has 6 heteroatoms. The summed E-state index contributed by atoms with van der Waals surface area (Å²) in [6.45, 7) is -0.281. The van der Waals surface area contributed by atoms with Gasteiger partial charge in [-0.15, -0.1) is 0 Å². The molecular weight excluding hydrogens is 1170 g/mol. The van der Waals surface area contributed by atoms with Crippen LogP contribution in [0.5, 0.6) is 0 Å². The maximum absolute atomic E-state index is 6.67. The van der Waals surface area contributed by atoms with E-state index in [1.54, 1.807) is 0 Å². The number of rotatable bonds is 9. The summed E-state index contributed by atoms with van der Waals surface area (Å²) in [5.74, 6) is 0. The number of hydrogen-bond acceptors (Lipinski definition) is 4. The van der Waals surface area contributed by atoms with E-state index < -0.39 is 0 Å². The molecule has 2 aliphatic rings. The fourth-order valence-electron chi connectivity index (χ4n) is 15.9. The van der Waals surface area contributed by atoms with Crippen molar-refractivity contribution in [3.8, 4) is 72.4 Å². The SMILES string of the molecule is c1ccc(-c2cccc(-c3ccccc3)c2N2c3ccc(-c4ccc5c(c4)oc4ccccc45)cc3B3c4ccc(-c5ccc6oc7ccccc7c6c5)cc4N(c4c(-c5ccccc5)cccc4-c4ccccc4)c4cc(-n5c6ccccc6c6ccccc65)cc2c43)cc1. The van der Waals surface area contributed by atoms with Crippen LogP contribution in [0.2, 0.25) is 0 Å². The summed E-state index contributed by atoms with van der Waals surface area (Å²) in [5.41, 5.74) is 30.3. The van der Waals surface area contributed by atoms with Crippen LogP contribution >= 0.6 is 0 Å². The summed E-state index contributed by atoms with van der Waals surface area (Å²) >= 11 is 0. The van der Waals surface area contributed by atoms with Gasteiger partial charge in [-0.05, 0) is 134 Å². The summed E-state index contributed by atoms with van der Waals surface area (Å²) in [5, 5.41) is 6.79. The molecule has 2 aliphatic heterocycles. The molecule has 0 bridgehead atoms. The van der Waals surface area contributed by atoms with Gasteiger partial charge in [-0.2, -0.15) is 0 Å². The molecule has 0 aliphatic carbocycles. The third-order valence-corrected chi connectivity index (χ3v) is 20.2. The number of hydrogen-bond donors (Lipinski definition) is 0. The summed E-state index contributed by atoms with van der Waals surface area (Å²) in [4.78, 5) is 5.30. The van der Waals surface area contributed by atoms with Crippen LogP contribution in [0.1, 0.15) is 0 Å². The minimum atomic E-state index is -0.281. The molecule has 20 rings (SSSR count). The molecule has 5 nitrogen and oxygen atoms in total. The first-order chi connectivity index (χ1) is 47.6. The summed E-state index contributed by atoms with van der Waals surface area (Å²) in [6, 6.07) is 125. The quantitative estimate of drug-likeness (QED) is 0.135. The molecule has 3 aromatic heterocycles. The van der Waals surface area contributed by atoms with Crippen molar-refractivity contribution in [2.45, 2.75) is 0 Å². The van der Waals surface area contributed by atoms with E-state index in [1.165, 1.54) is 27.2 Å². The molecule has 0 saturated carbocycles. The lowest BCUT2D eigenvalue weighted by Crippen LogP contribution is -2.61. The maximum Gasteiger partial charge on any atom is 0.252 e. The van der Waals surface area contributed by atoms with Crippen LogP contribution in [0.4, 0.5) is 34.1 Å². The van der Waals surface area contributed by atoms with E-state index in [2.05, 4.69) is 342 Å². The van der Waals surface area contributed by atoms with Crippen LogP contribution in [0.25, 0.3) is 138 Å². The second-order valence-electron chi connectivity index (χ2n) is 25.4. The zero-order chi connectivity index (χ0) is 63.0. The molecule has 446 valence electrons. The van der Waals surface area contributed by atoms with E-state index in [9.17, 15) is 0 Å². The Morgan fingerprint density at radius 2 is 0.635 bits per heavy atom. The Balaban J connectivity index is 0.959. The number of aromatic nitrogens is 1. The van der Waals surface area contributed by atoms with E-state index in [0.29, 0.717) is 0 Å². The van der Waals surface area contributed by atoms with E-state index in [4.69, 9.17) is 8.83 Å². The van der Waals surface area contributed by atoms with Crippen molar-refractivity contribution >= 4 is 123 Å². The summed E-state index contributed by atoms with van der Waals surface area (Å²) < 4.78 is 15.7. The largest absolute Gasteiger partial charge is 0.456 e. The van der Waals surface area contributed by atoms with Crippen LogP contribution in [0.3, 0.4) is 0 Å². The number of benzene rings is 15. The average molecular weight is 1220 g/mol. The molecule has 0 radical (unpaired) electrons. The van der Waals surface area contributed by atoms with Crippen molar-refractivity contribution in [1.29, 1.82) is 0 Å². The molecular formula is C90H56BN3O2. The third-order valence-electron chi connectivity index (χ3n) is 20.2. The number of furan rings is 2. The lowest BCUT2D eigenvalue weighted by atomic mass is 9.33. The fraction of sp³-hybridized carbons (Fsp3) is 0. The minimum absolute atomic E-state index is 0.281. The van der Waals surface area contributed by atoms with Crippen LogP contribution in [-0.4, -0.2) is 11.3 Å². The predicted octanol–water partition coefficient (Wildman–Crippen LogP) is 22.7. The van der Waals surface area contributed by atoms with Gasteiger partial charge in [0, 0.05) is 77.3 Å². The monoisotopic (exact) mass is 1220 g/mol. The number of fused-ring (bicyclic) bond motifs is 13. The normalized spacial score (nSPS) is 12.5. The van der Waals surface area contributed by atoms with Gasteiger partial charge in [-0.3, -0.25) is 0 Å². The van der Waals surface area contributed by atoms with Crippen LogP contribution in [-0.2, 0) is 0 Å². The highest BCUT2D eigenvalue weighted by Crippen LogP contribution is 2.54. The van der Waals surface area contributed by atoms with Crippen molar-refractivity contribution in [3.05, 3.63) is 340 Å². The lowest BCUT2D eigenvalue weighted by Gasteiger charge is -2.46. The van der Waals surface area contributed by atoms with Gasteiger partial charge >= 0.3 is 0 Å².